The number of esters is 1. The Morgan fingerprint density at radius 2 is 1.51 bits per heavy atom. The molecule has 9 heteroatoms. The molecule has 0 heterocycles. The topological polar surface area (TPSA) is 50.8 Å². The van der Waals surface area contributed by atoms with Gasteiger partial charge in [0.1, 0.15) is 12.3 Å². The standard InChI is InChI=1S/C34H34ClF3N2O3/c1-33(26-13-5-3-6-14-26,27-15-7-4-8-16-27)40(24-25-12-9-19-30(32(25)35)34(36,37)38)20-11-21-43-29-18-10-17-28(22-29)39-23-31(41)42-2/h3-10,12-19,22,39H,11,20-21,23-24H2,1-2H3. The van der Waals surface area contributed by atoms with Gasteiger partial charge in [-0.25, -0.2) is 0 Å². The average Bonchev–Trinajstić information content (AvgIpc) is 3.02. The molecule has 0 unspecified atom stereocenters. The van der Waals surface area contributed by atoms with Crippen LogP contribution in [-0.4, -0.2) is 37.7 Å². The van der Waals surface area contributed by atoms with E-state index in [1.807, 2.05) is 78.9 Å². The summed E-state index contributed by atoms with van der Waals surface area (Å²) in [6.07, 6.45) is -3.99. The molecule has 1 N–H and O–H groups in total. The van der Waals surface area contributed by atoms with E-state index in [0.717, 1.165) is 17.2 Å². The minimum absolute atomic E-state index is 0.0323. The summed E-state index contributed by atoms with van der Waals surface area (Å²) in [5.41, 5.74) is 1.54. The SMILES string of the molecule is COC(=O)CNc1cccc(OCCCN(Cc2cccc(C(F)(F)F)c2Cl)C(C)(c2ccccc2)c2ccccc2)c1. The molecule has 0 bridgehead atoms. The zero-order chi connectivity index (χ0) is 30.9. The Labute approximate surface area is 255 Å². The number of nitrogens with zero attached hydrogens (tertiary/aromatic N) is 1. The average molecular weight is 611 g/mol. The van der Waals surface area contributed by atoms with Crippen molar-refractivity contribution in [2.45, 2.75) is 31.6 Å². The molecule has 0 aliphatic rings. The fourth-order valence-electron chi connectivity index (χ4n) is 5.03. The highest BCUT2D eigenvalue weighted by Gasteiger charge is 2.37. The van der Waals surface area contributed by atoms with Gasteiger partial charge in [-0.05, 0) is 48.2 Å². The molecule has 0 spiro atoms. The first kappa shape index (κ1) is 31.9. The maximum Gasteiger partial charge on any atom is 0.417 e. The Balaban J connectivity index is 1.61. The summed E-state index contributed by atoms with van der Waals surface area (Å²) in [6, 6.07) is 31.1. The first-order valence-electron chi connectivity index (χ1n) is 13.9. The molecule has 0 saturated carbocycles. The van der Waals surface area contributed by atoms with E-state index in [9.17, 15) is 18.0 Å². The van der Waals surface area contributed by atoms with Crippen LogP contribution >= 0.6 is 11.6 Å². The molecule has 43 heavy (non-hydrogen) atoms. The predicted molar refractivity (Wildman–Crippen MR) is 163 cm³/mol. The third-order valence-electron chi connectivity index (χ3n) is 7.39. The fourth-order valence-corrected chi connectivity index (χ4v) is 5.32. The molecule has 0 aliphatic heterocycles. The third kappa shape index (κ3) is 8.09. The van der Waals surface area contributed by atoms with Gasteiger partial charge in [0, 0.05) is 24.8 Å². The van der Waals surface area contributed by atoms with Gasteiger partial charge in [0.25, 0.3) is 0 Å². The Bertz CT molecular complexity index is 1440. The van der Waals surface area contributed by atoms with Crippen molar-refractivity contribution in [3.63, 3.8) is 0 Å². The number of halogens is 4. The molecular formula is C34H34ClF3N2O3. The van der Waals surface area contributed by atoms with Crippen molar-refractivity contribution < 1.29 is 27.4 Å². The van der Waals surface area contributed by atoms with Gasteiger partial charge < -0.3 is 14.8 Å². The number of hydrogen-bond acceptors (Lipinski definition) is 5. The number of anilines is 1. The van der Waals surface area contributed by atoms with Gasteiger partial charge in [-0.1, -0.05) is 90.5 Å². The lowest BCUT2D eigenvalue weighted by Crippen LogP contribution is -2.45. The quantitative estimate of drug-likeness (QED) is 0.122. The molecule has 0 radical (unpaired) electrons. The largest absolute Gasteiger partial charge is 0.493 e. The maximum absolute atomic E-state index is 13.7. The van der Waals surface area contributed by atoms with Gasteiger partial charge in [-0.2, -0.15) is 13.2 Å². The molecule has 4 rings (SSSR count). The molecule has 0 aliphatic carbocycles. The van der Waals surface area contributed by atoms with Crippen molar-refractivity contribution in [3.8, 4) is 5.75 Å². The Morgan fingerprint density at radius 3 is 2.12 bits per heavy atom. The van der Waals surface area contributed by atoms with Crippen LogP contribution in [-0.2, 0) is 27.8 Å². The second-order valence-electron chi connectivity index (χ2n) is 10.2. The van der Waals surface area contributed by atoms with E-state index in [0.29, 0.717) is 36.6 Å². The summed E-state index contributed by atoms with van der Waals surface area (Å²) >= 11 is 6.38. The highest BCUT2D eigenvalue weighted by atomic mass is 35.5. The van der Waals surface area contributed by atoms with Crippen molar-refractivity contribution in [2.75, 3.05) is 32.1 Å². The van der Waals surface area contributed by atoms with Crippen LogP contribution in [0.1, 0.15) is 35.6 Å². The Morgan fingerprint density at radius 1 is 0.884 bits per heavy atom. The van der Waals surface area contributed by atoms with Gasteiger partial charge >= 0.3 is 12.1 Å². The zero-order valence-electron chi connectivity index (χ0n) is 24.0. The Kier molecular flexibility index (Phi) is 10.7. The molecular weight excluding hydrogens is 577 g/mol. The lowest BCUT2D eigenvalue weighted by molar-refractivity contribution is -0.139. The number of rotatable bonds is 13. The normalized spacial score (nSPS) is 11.8. The van der Waals surface area contributed by atoms with E-state index in [1.165, 1.54) is 13.2 Å². The minimum atomic E-state index is -4.56. The lowest BCUT2D eigenvalue weighted by Gasteiger charge is -2.43. The number of hydrogen-bond donors (Lipinski definition) is 1. The van der Waals surface area contributed by atoms with Crippen LogP contribution in [0, 0.1) is 0 Å². The summed E-state index contributed by atoms with van der Waals surface area (Å²) in [5.74, 6) is 0.239. The number of benzene rings is 4. The first-order chi connectivity index (χ1) is 20.6. The number of methoxy groups -OCH3 is 1. The molecule has 0 aromatic heterocycles. The van der Waals surface area contributed by atoms with E-state index in [1.54, 1.807) is 12.1 Å². The molecule has 0 fully saturated rings. The van der Waals surface area contributed by atoms with Gasteiger partial charge in [0.2, 0.25) is 0 Å². The fraction of sp³-hybridized carbons (Fsp3) is 0.265. The number of ether oxygens (including phenoxy) is 2. The summed E-state index contributed by atoms with van der Waals surface area (Å²) < 4.78 is 51.9. The van der Waals surface area contributed by atoms with Crippen molar-refractivity contribution in [1.82, 2.24) is 4.90 Å². The molecule has 5 nitrogen and oxygen atoms in total. The molecule has 4 aromatic rings. The van der Waals surface area contributed by atoms with Gasteiger partial charge in [0.15, 0.2) is 0 Å². The number of nitrogens with one attached hydrogen (secondary N) is 1. The lowest BCUT2D eigenvalue weighted by atomic mass is 9.82. The second-order valence-corrected chi connectivity index (χ2v) is 10.5. The summed E-state index contributed by atoms with van der Waals surface area (Å²) in [5, 5.41) is 2.70. The van der Waals surface area contributed by atoms with Gasteiger partial charge in [0.05, 0.1) is 29.8 Å². The number of carbonyl (C=O) groups excluding carboxylic acids is 1. The van der Waals surface area contributed by atoms with E-state index in [4.69, 9.17) is 16.3 Å². The van der Waals surface area contributed by atoms with Crippen LogP contribution in [0.25, 0.3) is 0 Å². The molecule has 0 amide bonds. The van der Waals surface area contributed by atoms with Crippen LogP contribution in [0.3, 0.4) is 0 Å². The van der Waals surface area contributed by atoms with Crippen molar-refractivity contribution in [3.05, 3.63) is 130 Å². The highest BCUT2D eigenvalue weighted by molar-refractivity contribution is 6.32. The summed E-state index contributed by atoms with van der Waals surface area (Å²) in [7, 11) is 1.33. The number of carbonyl (C=O) groups is 1. The monoisotopic (exact) mass is 610 g/mol. The number of alkyl halides is 3. The minimum Gasteiger partial charge on any atom is -0.493 e. The van der Waals surface area contributed by atoms with Crippen molar-refractivity contribution in [2.24, 2.45) is 0 Å². The smallest absolute Gasteiger partial charge is 0.417 e. The van der Waals surface area contributed by atoms with Gasteiger partial charge in [-0.3, -0.25) is 9.69 Å². The van der Waals surface area contributed by atoms with Crippen molar-refractivity contribution in [1.29, 1.82) is 0 Å². The second kappa shape index (κ2) is 14.4. The van der Waals surface area contributed by atoms with E-state index in [2.05, 4.69) is 21.9 Å². The zero-order valence-corrected chi connectivity index (χ0v) is 24.8. The van der Waals surface area contributed by atoms with Crippen LogP contribution in [0.15, 0.2) is 103 Å². The Hall–Kier alpha value is -4.01. The molecule has 226 valence electrons. The van der Waals surface area contributed by atoms with E-state index >= 15 is 0 Å². The van der Waals surface area contributed by atoms with Crippen molar-refractivity contribution >= 4 is 23.3 Å². The van der Waals surface area contributed by atoms with Crippen LogP contribution < -0.4 is 10.1 Å². The van der Waals surface area contributed by atoms with Crippen LogP contribution in [0.2, 0.25) is 5.02 Å². The maximum atomic E-state index is 13.7. The third-order valence-corrected chi connectivity index (χ3v) is 7.84. The van der Waals surface area contributed by atoms with Gasteiger partial charge in [-0.15, -0.1) is 0 Å². The van der Waals surface area contributed by atoms with E-state index in [-0.39, 0.29) is 24.1 Å². The summed E-state index contributed by atoms with van der Waals surface area (Å²) in [4.78, 5) is 13.6. The molecule has 0 saturated heterocycles. The van der Waals surface area contributed by atoms with Crippen LogP contribution in [0.4, 0.5) is 18.9 Å². The predicted octanol–water partition coefficient (Wildman–Crippen LogP) is 8.18. The summed E-state index contributed by atoms with van der Waals surface area (Å²) in [6.45, 7) is 3.14. The highest BCUT2D eigenvalue weighted by Crippen LogP contribution is 2.40. The van der Waals surface area contributed by atoms with E-state index < -0.39 is 17.3 Å². The van der Waals surface area contributed by atoms with Crippen LogP contribution in [0.5, 0.6) is 5.75 Å². The molecule has 4 aromatic carbocycles. The molecule has 0 atom stereocenters. The first-order valence-corrected chi connectivity index (χ1v) is 14.2.